The summed E-state index contributed by atoms with van der Waals surface area (Å²) in [5, 5.41) is 8.20. The molecule has 7 heteroatoms. The van der Waals surface area contributed by atoms with Crippen LogP contribution < -0.4 is 5.73 Å². The smallest absolute Gasteiger partial charge is 0.131 e. The lowest BCUT2D eigenvalue weighted by Crippen LogP contribution is -2.47. The van der Waals surface area contributed by atoms with Gasteiger partial charge in [-0.2, -0.15) is 0 Å². The quantitative estimate of drug-likeness (QED) is 0.585. The van der Waals surface area contributed by atoms with Crippen LogP contribution in [0.2, 0.25) is 0 Å². The Balaban J connectivity index is 2.62. The molecule has 1 aliphatic heterocycles. The molecule has 0 spiro atoms. The van der Waals surface area contributed by atoms with Crippen LogP contribution in [0.3, 0.4) is 0 Å². The number of piperazine rings is 1. The molecule has 23 heavy (non-hydrogen) atoms. The summed E-state index contributed by atoms with van der Waals surface area (Å²) in [7, 11) is 5.54. The van der Waals surface area contributed by atoms with Crippen molar-refractivity contribution in [1.82, 2.24) is 9.80 Å². The summed E-state index contributed by atoms with van der Waals surface area (Å²) >= 11 is 0. The molecule has 7 nitrogen and oxygen atoms in total. The molecule has 0 aromatic carbocycles. The van der Waals surface area contributed by atoms with Crippen LogP contribution in [0.1, 0.15) is 19.8 Å². The Kier molecular flexibility index (Phi) is 8.18. The van der Waals surface area contributed by atoms with Crippen LogP contribution >= 0.6 is 0 Å². The fraction of sp³-hybridized carbons (Fsp3) is 0.625. The number of amidine groups is 3. The first-order valence-corrected chi connectivity index (χ1v) is 7.88. The highest BCUT2D eigenvalue weighted by Crippen LogP contribution is 2.03. The molecule has 0 bridgehead atoms. The molecule has 1 saturated heterocycles. The van der Waals surface area contributed by atoms with Crippen molar-refractivity contribution in [3.8, 4) is 0 Å². The average molecular weight is 319 g/mol. The van der Waals surface area contributed by atoms with E-state index in [0.29, 0.717) is 30.3 Å². The van der Waals surface area contributed by atoms with Crippen molar-refractivity contribution >= 4 is 23.2 Å². The van der Waals surface area contributed by atoms with E-state index in [4.69, 9.17) is 11.1 Å². The van der Waals surface area contributed by atoms with Gasteiger partial charge in [0.05, 0.1) is 6.42 Å². The second-order valence-corrected chi connectivity index (χ2v) is 5.55. The molecule has 3 N–H and O–H groups in total. The first-order chi connectivity index (χ1) is 11.0. The normalized spacial score (nSPS) is 18.8. The molecule has 1 rings (SSSR count). The van der Waals surface area contributed by atoms with Crippen LogP contribution in [0.5, 0.6) is 0 Å². The lowest BCUT2D eigenvalue weighted by atomic mass is 10.2. The zero-order valence-corrected chi connectivity index (χ0v) is 14.7. The third-order valence-corrected chi connectivity index (χ3v) is 3.75. The van der Waals surface area contributed by atoms with E-state index < -0.39 is 0 Å². The minimum absolute atomic E-state index is 0.352. The van der Waals surface area contributed by atoms with E-state index in [1.165, 1.54) is 0 Å². The zero-order valence-electron chi connectivity index (χ0n) is 14.7. The molecule has 0 aromatic rings. The van der Waals surface area contributed by atoms with Crippen LogP contribution in [-0.2, 0) is 0 Å². The van der Waals surface area contributed by atoms with Gasteiger partial charge < -0.3 is 15.5 Å². The highest BCUT2D eigenvalue weighted by Gasteiger charge is 2.17. The predicted molar refractivity (Wildman–Crippen MR) is 99.2 cm³/mol. The third kappa shape index (κ3) is 6.73. The number of hydrogen-bond acceptors (Lipinski definition) is 4. The molecule has 0 atom stereocenters. The molecule has 1 aliphatic rings. The van der Waals surface area contributed by atoms with Gasteiger partial charge in [0.15, 0.2) is 0 Å². The number of rotatable bonds is 5. The summed E-state index contributed by atoms with van der Waals surface area (Å²) < 4.78 is 0. The van der Waals surface area contributed by atoms with Crippen molar-refractivity contribution in [2.45, 2.75) is 19.8 Å². The molecule has 1 heterocycles. The van der Waals surface area contributed by atoms with E-state index in [0.717, 1.165) is 31.9 Å². The molecule has 0 unspecified atom stereocenters. The van der Waals surface area contributed by atoms with E-state index in [1.807, 2.05) is 19.1 Å². The molecule has 0 saturated carbocycles. The maximum absolute atomic E-state index is 8.20. The van der Waals surface area contributed by atoms with E-state index in [9.17, 15) is 0 Å². The van der Waals surface area contributed by atoms with Crippen LogP contribution in [-0.4, -0.2) is 80.3 Å². The maximum atomic E-state index is 8.20. The molecule has 0 aliphatic carbocycles. The van der Waals surface area contributed by atoms with Crippen LogP contribution in [0.4, 0.5) is 0 Å². The Labute approximate surface area is 139 Å². The van der Waals surface area contributed by atoms with Crippen molar-refractivity contribution in [3.05, 3.63) is 12.2 Å². The van der Waals surface area contributed by atoms with Crippen LogP contribution in [0.25, 0.3) is 0 Å². The molecule has 128 valence electrons. The molecular formula is C16H29N7. The largest absolute Gasteiger partial charge is 0.387 e. The van der Waals surface area contributed by atoms with Gasteiger partial charge in [-0.25, -0.2) is 4.99 Å². The molecule has 1 fully saturated rings. The minimum atomic E-state index is 0.352. The van der Waals surface area contributed by atoms with Gasteiger partial charge in [-0.1, -0.05) is 6.08 Å². The van der Waals surface area contributed by atoms with Gasteiger partial charge in [-0.05, 0) is 20.0 Å². The van der Waals surface area contributed by atoms with Gasteiger partial charge in [-0.3, -0.25) is 15.4 Å². The van der Waals surface area contributed by atoms with Crippen molar-refractivity contribution in [3.63, 3.8) is 0 Å². The van der Waals surface area contributed by atoms with E-state index >= 15 is 0 Å². The van der Waals surface area contributed by atoms with Gasteiger partial charge in [0.25, 0.3) is 0 Å². The summed E-state index contributed by atoms with van der Waals surface area (Å²) in [5.41, 5.74) is 6.91. The van der Waals surface area contributed by atoms with Crippen molar-refractivity contribution < 1.29 is 0 Å². The number of aliphatic imine (C=N–C) groups is 3. The van der Waals surface area contributed by atoms with Crippen molar-refractivity contribution in [2.24, 2.45) is 20.7 Å². The first-order valence-electron chi connectivity index (χ1n) is 7.88. The highest BCUT2D eigenvalue weighted by molar-refractivity contribution is 6.13. The Morgan fingerprint density at radius 2 is 1.78 bits per heavy atom. The predicted octanol–water partition coefficient (Wildman–Crippen LogP) is 1.02. The van der Waals surface area contributed by atoms with E-state index in [1.54, 1.807) is 14.1 Å². The topological polar surface area (TPSA) is 93.4 Å². The highest BCUT2D eigenvalue weighted by atomic mass is 15.3. The van der Waals surface area contributed by atoms with E-state index in [-0.39, 0.29) is 0 Å². The van der Waals surface area contributed by atoms with Gasteiger partial charge >= 0.3 is 0 Å². The molecular weight excluding hydrogens is 290 g/mol. The SMILES string of the molecule is C/C=C\C(CC(N=C(N)CC(=N)N1CCN(C)CC1)=NC)=NC. The fourth-order valence-corrected chi connectivity index (χ4v) is 2.30. The summed E-state index contributed by atoms with van der Waals surface area (Å²) in [4.78, 5) is 17.1. The Morgan fingerprint density at radius 3 is 2.30 bits per heavy atom. The lowest BCUT2D eigenvalue weighted by Gasteiger charge is -2.34. The van der Waals surface area contributed by atoms with Crippen molar-refractivity contribution in [1.29, 1.82) is 5.41 Å². The number of allylic oxidation sites excluding steroid dienone is 2. The molecule has 0 aromatic heterocycles. The van der Waals surface area contributed by atoms with Crippen molar-refractivity contribution in [2.75, 3.05) is 47.3 Å². The summed E-state index contributed by atoms with van der Waals surface area (Å²) in [6.07, 6.45) is 4.76. The average Bonchev–Trinajstić information content (AvgIpc) is 2.53. The zero-order chi connectivity index (χ0) is 17.2. The number of nitrogens with two attached hydrogens (primary N) is 1. The fourth-order valence-electron chi connectivity index (χ4n) is 2.30. The number of likely N-dealkylation sites (N-methyl/N-ethyl adjacent to an activating group) is 1. The first kappa shape index (κ1) is 19.0. The van der Waals surface area contributed by atoms with Gasteiger partial charge in [-0.15, -0.1) is 0 Å². The molecule has 0 radical (unpaired) electrons. The second kappa shape index (κ2) is 9.89. The maximum Gasteiger partial charge on any atom is 0.131 e. The lowest BCUT2D eigenvalue weighted by molar-refractivity contribution is 0.213. The number of hydrogen-bond donors (Lipinski definition) is 2. The summed E-state index contributed by atoms with van der Waals surface area (Å²) in [5.74, 6) is 1.57. The Hall–Kier alpha value is -2.02. The van der Waals surface area contributed by atoms with Gasteiger partial charge in [0.2, 0.25) is 0 Å². The second-order valence-electron chi connectivity index (χ2n) is 5.55. The Morgan fingerprint density at radius 1 is 1.13 bits per heavy atom. The van der Waals surface area contributed by atoms with Gasteiger partial charge in [0.1, 0.15) is 17.5 Å². The summed E-state index contributed by atoms with van der Waals surface area (Å²) in [6.45, 7) is 5.63. The monoisotopic (exact) mass is 319 g/mol. The van der Waals surface area contributed by atoms with Crippen LogP contribution in [0, 0.1) is 5.41 Å². The standard InChI is InChI=1S/C16H29N7/c1-5-6-13(19-2)11-16(20-3)21-14(17)12-15(18)23-9-7-22(4)8-10-23/h5-6,18H,7-12H2,1-4H3,(H2,17,20,21)/b6-5-,18-15?,19-13?. The number of nitrogens with one attached hydrogen (secondary N) is 1. The summed E-state index contributed by atoms with van der Waals surface area (Å²) in [6, 6.07) is 0. The Bertz CT molecular complexity index is 509. The third-order valence-electron chi connectivity index (χ3n) is 3.75. The number of nitrogens with zero attached hydrogens (tertiary/aromatic N) is 5. The van der Waals surface area contributed by atoms with Crippen LogP contribution in [0.15, 0.2) is 27.1 Å². The molecule has 0 amide bonds. The van der Waals surface area contributed by atoms with E-state index in [2.05, 4.69) is 31.8 Å². The minimum Gasteiger partial charge on any atom is -0.387 e. The van der Waals surface area contributed by atoms with Gasteiger partial charge in [0, 0.05) is 52.4 Å².